The maximum atomic E-state index is 11.6. The third-order valence-corrected chi connectivity index (χ3v) is 4.77. The average Bonchev–Trinajstić information content (AvgIpc) is 2.74. The molecule has 0 aliphatic carbocycles. The molecule has 0 fully saturated rings. The van der Waals surface area contributed by atoms with Crippen LogP contribution in [-0.4, -0.2) is 34.7 Å². The van der Waals surface area contributed by atoms with Gasteiger partial charge in [-0.1, -0.05) is 29.8 Å². The molecule has 0 spiro atoms. The predicted octanol–water partition coefficient (Wildman–Crippen LogP) is 2.73. The Hall–Kier alpha value is -1.42. The maximum absolute atomic E-state index is 11.6. The highest BCUT2D eigenvalue weighted by Gasteiger charge is 2.26. The van der Waals surface area contributed by atoms with E-state index < -0.39 is 15.6 Å². The molecular weight excluding hydrogens is 430 g/mol. The molecule has 1 aromatic carbocycles. The summed E-state index contributed by atoms with van der Waals surface area (Å²) in [6.07, 6.45) is 1.13. The first-order valence-electron chi connectivity index (χ1n) is 7.26. The number of nitrogens with one attached hydrogen (secondary N) is 1. The molecule has 7 nitrogen and oxygen atoms in total. The first kappa shape index (κ1) is 19.9. The van der Waals surface area contributed by atoms with Gasteiger partial charge < -0.3 is 10.3 Å². The van der Waals surface area contributed by atoms with Crippen LogP contribution in [0.4, 0.5) is 5.95 Å². The van der Waals surface area contributed by atoms with Crippen molar-refractivity contribution >= 4 is 66.5 Å². The minimum absolute atomic E-state index is 0. The molecule has 0 atom stereocenters. The third kappa shape index (κ3) is 4.05. The number of rotatable bonds is 4. The van der Waals surface area contributed by atoms with Gasteiger partial charge in [-0.05, 0) is 19.9 Å². The second-order valence-electron chi connectivity index (χ2n) is 6.43. The van der Waals surface area contributed by atoms with Crippen LogP contribution >= 0.6 is 28.6 Å². The predicted molar refractivity (Wildman–Crippen MR) is 107 cm³/mol. The molecule has 0 saturated carbocycles. The van der Waals surface area contributed by atoms with Crippen LogP contribution in [0, 0.1) is 0 Å². The summed E-state index contributed by atoms with van der Waals surface area (Å²) in [7, 11) is -3.36. The highest BCUT2D eigenvalue weighted by molar-refractivity contribution is 8.93. The molecule has 2 heterocycles. The molecule has 2 aromatic heterocycles. The van der Waals surface area contributed by atoms with Crippen molar-refractivity contribution in [2.24, 2.45) is 0 Å². The first-order chi connectivity index (χ1) is 11.1. The van der Waals surface area contributed by atoms with Gasteiger partial charge in [0, 0.05) is 17.5 Å². The lowest BCUT2D eigenvalue weighted by molar-refractivity contribution is 0.398. The van der Waals surface area contributed by atoms with E-state index in [0.29, 0.717) is 12.1 Å². The summed E-state index contributed by atoms with van der Waals surface area (Å²) < 4.78 is 27.6. The van der Waals surface area contributed by atoms with Crippen LogP contribution < -0.4 is 10.5 Å². The molecule has 3 N–H and O–H groups in total. The lowest BCUT2D eigenvalue weighted by Crippen LogP contribution is -2.46. The molecule has 0 aliphatic rings. The second-order valence-corrected chi connectivity index (χ2v) is 8.54. The van der Waals surface area contributed by atoms with Crippen LogP contribution in [0.5, 0.6) is 0 Å². The van der Waals surface area contributed by atoms with Gasteiger partial charge in [-0.25, -0.2) is 23.1 Å². The van der Waals surface area contributed by atoms with E-state index in [2.05, 4.69) is 14.7 Å². The number of nitrogens with zero attached hydrogens (tertiary/aromatic N) is 3. The number of hydrogen-bond acceptors (Lipinski definition) is 5. The van der Waals surface area contributed by atoms with E-state index in [1.807, 2.05) is 24.3 Å². The van der Waals surface area contributed by atoms with E-state index in [0.717, 1.165) is 22.7 Å². The first-order valence-corrected chi connectivity index (χ1v) is 9.53. The number of aromatic nitrogens is 3. The van der Waals surface area contributed by atoms with Gasteiger partial charge in [0.05, 0.1) is 17.3 Å². The van der Waals surface area contributed by atoms with Crippen molar-refractivity contribution in [3.05, 3.63) is 29.4 Å². The Balaban J connectivity index is 0.00000225. The van der Waals surface area contributed by atoms with E-state index in [1.165, 1.54) is 0 Å². The summed E-state index contributed by atoms with van der Waals surface area (Å²) in [5.41, 5.74) is 7.29. The molecule has 0 bridgehead atoms. The minimum Gasteiger partial charge on any atom is -0.369 e. The Labute approximate surface area is 161 Å². The zero-order valence-corrected chi connectivity index (χ0v) is 17.2. The van der Waals surface area contributed by atoms with Gasteiger partial charge >= 0.3 is 0 Å². The van der Waals surface area contributed by atoms with Gasteiger partial charge in [0.1, 0.15) is 5.52 Å². The van der Waals surface area contributed by atoms with Crippen LogP contribution in [-0.2, 0) is 16.6 Å². The molecule has 0 aliphatic heterocycles. The molecule has 0 saturated heterocycles. The van der Waals surface area contributed by atoms with Crippen molar-refractivity contribution in [2.75, 3.05) is 12.0 Å². The number of anilines is 1. The number of halogens is 2. The van der Waals surface area contributed by atoms with Crippen molar-refractivity contribution in [1.82, 2.24) is 19.3 Å². The van der Waals surface area contributed by atoms with Crippen molar-refractivity contribution in [3.63, 3.8) is 0 Å². The van der Waals surface area contributed by atoms with Gasteiger partial charge in [0.15, 0.2) is 5.15 Å². The van der Waals surface area contributed by atoms with E-state index in [1.54, 1.807) is 18.4 Å². The smallest absolute Gasteiger partial charge is 0.209 e. The quantitative estimate of drug-likeness (QED) is 0.597. The summed E-state index contributed by atoms with van der Waals surface area (Å²) >= 11 is 6.25. The molecule has 25 heavy (non-hydrogen) atoms. The standard InChI is InChI=1S/C15H18ClN5O2S.BrH/c1-15(2,20-24(3,22)23)8-21-12-9-6-4-5-7-10(9)18-13(16)11(12)19-14(21)17;/h4-7,20H,8H2,1-3H3,(H2,17,19);1H. The number of imidazole rings is 1. The fourth-order valence-corrected chi connectivity index (χ4v) is 4.20. The van der Waals surface area contributed by atoms with Crippen LogP contribution in [0.1, 0.15) is 13.8 Å². The highest BCUT2D eigenvalue weighted by atomic mass is 79.9. The zero-order valence-electron chi connectivity index (χ0n) is 13.9. The van der Waals surface area contributed by atoms with Gasteiger partial charge in [-0.3, -0.25) is 0 Å². The number of hydrogen-bond donors (Lipinski definition) is 2. The highest BCUT2D eigenvalue weighted by Crippen LogP contribution is 2.31. The summed E-state index contributed by atoms with van der Waals surface area (Å²) in [4.78, 5) is 8.65. The van der Waals surface area contributed by atoms with Gasteiger partial charge in [-0.15, -0.1) is 17.0 Å². The van der Waals surface area contributed by atoms with Gasteiger partial charge in [0.25, 0.3) is 0 Å². The second kappa shape index (κ2) is 6.71. The van der Waals surface area contributed by atoms with Crippen molar-refractivity contribution in [3.8, 4) is 0 Å². The summed E-state index contributed by atoms with van der Waals surface area (Å²) in [6, 6.07) is 7.53. The Morgan fingerprint density at radius 1 is 1.28 bits per heavy atom. The average molecular weight is 449 g/mol. The number of sulfonamides is 1. The van der Waals surface area contributed by atoms with Crippen LogP contribution in [0.25, 0.3) is 21.9 Å². The number of pyridine rings is 1. The Morgan fingerprint density at radius 3 is 2.56 bits per heavy atom. The molecule has 0 amide bonds. The number of benzene rings is 1. The lowest BCUT2D eigenvalue weighted by atomic mass is 10.1. The van der Waals surface area contributed by atoms with Crippen molar-refractivity contribution in [1.29, 1.82) is 0 Å². The van der Waals surface area contributed by atoms with Crippen LogP contribution in [0.15, 0.2) is 24.3 Å². The number of para-hydroxylation sites is 1. The fraction of sp³-hybridized carbons (Fsp3) is 0.333. The molecule has 3 rings (SSSR count). The summed E-state index contributed by atoms with van der Waals surface area (Å²) in [6.45, 7) is 3.86. The summed E-state index contributed by atoms with van der Waals surface area (Å²) in [5, 5.41) is 1.12. The molecule has 0 unspecified atom stereocenters. The topological polar surface area (TPSA) is 103 Å². The van der Waals surface area contributed by atoms with Crippen LogP contribution in [0.2, 0.25) is 5.15 Å². The minimum atomic E-state index is -3.36. The van der Waals surface area contributed by atoms with Gasteiger partial charge in [0.2, 0.25) is 16.0 Å². The van der Waals surface area contributed by atoms with E-state index >= 15 is 0 Å². The SMILES string of the molecule is Br.CC(C)(Cn1c(N)nc2c(Cl)nc3ccccc3c21)NS(C)(=O)=O. The molecule has 136 valence electrons. The lowest BCUT2D eigenvalue weighted by Gasteiger charge is -2.26. The van der Waals surface area contributed by atoms with Crippen molar-refractivity contribution < 1.29 is 8.42 Å². The number of nitrogen functional groups attached to an aromatic ring is 1. The third-order valence-electron chi connectivity index (χ3n) is 3.59. The fourth-order valence-electron chi connectivity index (χ4n) is 2.91. The van der Waals surface area contributed by atoms with E-state index in [-0.39, 0.29) is 28.1 Å². The van der Waals surface area contributed by atoms with Crippen LogP contribution in [0.3, 0.4) is 0 Å². The summed E-state index contributed by atoms with van der Waals surface area (Å²) in [5.74, 6) is 0.258. The molecule has 0 radical (unpaired) electrons. The van der Waals surface area contributed by atoms with Crippen molar-refractivity contribution in [2.45, 2.75) is 25.9 Å². The number of nitrogens with two attached hydrogens (primary N) is 1. The normalized spacial score (nSPS) is 12.5. The monoisotopic (exact) mass is 447 g/mol. The Morgan fingerprint density at radius 2 is 1.92 bits per heavy atom. The zero-order chi connectivity index (χ0) is 17.7. The molecular formula is C15H19BrClN5O2S. The van der Waals surface area contributed by atoms with Gasteiger partial charge in [-0.2, -0.15) is 0 Å². The van der Waals surface area contributed by atoms with E-state index in [4.69, 9.17) is 17.3 Å². The number of fused-ring (bicyclic) bond motifs is 3. The van der Waals surface area contributed by atoms with E-state index in [9.17, 15) is 8.42 Å². The Kier molecular flexibility index (Phi) is 5.34. The molecule has 3 aromatic rings. The largest absolute Gasteiger partial charge is 0.369 e. The maximum Gasteiger partial charge on any atom is 0.209 e. The molecule has 10 heteroatoms. The Bertz CT molecular complexity index is 1050.